The first kappa shape index (κ1) is 15.0. The molecule has 3 heteroatoms. The minimum absolute atomic E-state index is 0.108. The van der Waals surface area contributed by atoms with E-state index in [9.17, 15) is 4.79 Å². The van der Waals surface area contributed by atoms with Gasteiger partial charge in [-0.15, -0.1) is 0 Å². The summed E-state index contributed by atoms with van der Waals surface area (Å²) in [6.07, 6.45) is 1.61. The number of aryl methyl sites for hydroxylation is 1. The van der Waals surface area contributed by atoms with Gasteiger partial charge in [-0.2, -0.15) is 0 Å². The van der Waals surface area contributed by atoms with E-state index in [1.54, 1.807) is 0 Å². The van der Waals surface area contributed by atoms with Crippen LogP contribution in [0.4, 0.5) is 0 Å². The maximum absolute atomic E-state index is 12.5. The Kier molecular flexibility index (Phi) is 3.64. The number of aromatic nitrogens is 1. The van der Waals surface area contributed by atoms with Crippen LogP contribution in [0.5, 0.6) is 0 Å². The van der Waals surface area contributed by atoms with Gasteiger partial charge >= 0.3 is 0 Å². The average Bonchev–Trinajstić information content (AvgIpc) is 3.08. The molecule has 1 aliphatic rings. The monoisotopic (exact) mass is 318 g/mol. The number of hydrogen-bond acceptors (Lipinski definition) is 1. The quantitative estimate of drug-likeness (QED) is 0.694. The van der Waals surface area contributed by atoms with Crippen LogP contribution in [0.2, 0.25) is 0 Å². The molecule has 1 amide bonds. The Labute approximate surface area is 142 Å². The zero-order valence-electron chi connectivity index (χ0n) is 14.2. The normalized spacial score (nSPS) is 17.8. The van der Waals surface area contributed by atoms with E-state index in [1.807, 2.05) is 23.1 Å². The van der Waals surface area contributed by atoms with Crippen LogP contribution in [0, 0.1) is 13.8 Å². The van der Waals surface area contributed by atoms with Crippen molar-refractivity contribution in [2.75, 3.05) is 0 Å². The lowest BCUT2D eigenvalue weighted by molar-refractivity contribution is -0.130. The SMILES string of the molecule is Cc1c(C)n([C@@H]2CCC(=O)N2Cc2ccccc2)c2ccccc12. The van der Waals surface area contributed by atoms with Crippen LogP contribution in [-0.2, 0) is 11.3 Å². The third-order valence-electron chi connectivity index (χ3n) is 5.26. The summed E-state index contributed by atoms with van der Waals surface area (Å²) in [5.74, 6) is 0.249. The first-order valence-corrected chi connectivity index (χ1v) is 8.56. The number of carbonyl (C=O) groups excluding carboxylic acids is 1. The first-order chi connectivity index (χ1) is 11.7. The van der Waals surface area contributed by atoms with Crippen molar-refractivity contribution in [1.29, 1.82) is 0 Å². The summed E-state index contributed by atoms with van der Waals surface area (Å²) in [6.45, 7) is 5.01. The van der Waals surface area contributed by atoms with Gasteiger partial charge in [0.15, 0.2) is 0 Å². The van der Waals surface area contributed by atoms with Crippen molar-refractivity contribution in [3.63, 3.8) is 0 Å². The topological polar surface area (TPSA) is 25.2 Å². The van der Waals surface area contributed by atoms with Crippen molar-refractivity contribution >= 4 is 16.8 Å². The van der Waals surface area contributed by atoms with Crippen molar-refractivity contribution in [3.8, 4) is 0 Å². The second-order valence-corrected chi connectivity index (χ2v) is 6.62. The summed E-state index contributed by atoms with van der Waals surface area (Å²) in [4.78, 5) is 14.6. The Hall–Kier alpha value is -2.55. The van der Waals surface area contributed by atoms with Crippen molar-refractivity contribution < 1.29 is 4.79 Å². The van der Waals surface area contributed by atoms with E-state index < -0.39 is 0 Å². The third kappa shape index (κ3) is 2.32. The molecule has 2 aromatic carbocycles. The molecule has 4 rings (SSSR count). The average molecular weight is 318 g/mol. The molecule has 24 heavy (non-hydrogen) atoms. The molecule has 0 aliphatic carbocycles. The van der Waals surface area contributed by atoms with Crippen LogP contribution in [-0.4, -0.2) is 15.4 Å². The number of likely N-dealkylation sites (tertiary alicyclic amines) is 1. The van der Waals surface area contributed by atoms with Gasteiger partial charge in [0.2, 0.25) is 5.91 Å². The number of benzene rings is 2. The Morgan fingerprint density at radius 2 is 1.71 bits per heavy atom. The van der Waals surface area contributed by atoms with Crippen LogP contribution < -0.4 is 0 Å². The van der Waals surface area contributed by atoms with Crippen LogP contribution in [0.15, 0.2) is 54.6 Å². The zero-order valence-corrected chi connectivity index (χ0v) is 14.2. The molecule has 1 saturated heterocycles. The van der Waals surface area contributed by atoms with Crippen LogP contribution in [0.25, 0.3) is 10.9 Å². The lowest BCUT2D eigenvalue weighted by atomic mass is 10.2. The van der Waals surface area contributed by atoms with Gasteiger partial charge in [0.1, 0.15) is 6.17 Å². The number of fused-ring (bicyclic) bond motifs is 1. The molecule has 1 atom stereocenters. The van der Waals surface area contributed by atoms with Gasteiger partial charge in [0.05, 0.1) is 5.52 Å². The number of rotatable bonds is 3. The molecule has 3 aromatic rings. The lowest BCUT2D eigenvalue weighted by Crippen LogP contribution is -2.31. The highest BCUT2D eigenvalue weighted by Gasteiger charge is 2.33. The van der Waals surface area contributed by atoms with E-state index in [2.05, 4.69) is 54.8 Å². The Morgan fingerprint density at radius 3 is 2.50 bits per heavy atom. The summed E-state index contributed by atoms with van der Waals surface area (Å²) in [5.41, 5.74) is 4.98. The van der Waals surface area contributed by atoms with Gasteiger partial charge in [-0.05, 0) is 37.5 Å². The summed E-state index contributed by atoms with van der Waals surface area (Å²) in [6, 6.07) is 18.8. The smallest absolute Gasteiger partial charge is 0.224 e. The molecule has 2 heterocycles. The van der Waals surface area contributed by atoms with Gasteiger partial charge in [-0.3, -0.25) is 4.79 Å². The van der Waals surface area contributed by atoms with E-state index in [-0.39, 0.29) is 12.1 Å². The molecular formula is C21H22N2O. The molecule has 0 spiro atoms. The molecule has 1 aromatic heterocycles. The Bertz CT molecular complexity index is 895. The van der Waals surface area contributed by atoms with E-state index in [4.69, 9.17) is 0 Å². The van der Waals surface area contributed by atoms with Crippen molar-refractivity contribution in [2.24, 2.45) is 0 Å². The highest BCUT2D eigenvalue weighted by Crippen LogP contribution is 2.36. The highest BCUT2D eigenvalue weighted by molar-refractivity contribution is 5.86. The molecular weight excluding hydrogens is 296 g/mol. The Morgan fingerprint density at radius 1 is 1.00 bits per heavy atom. The maximum Gasteiger partial charge on any atom is 0.224 e. The van der Waals surface area contributed by atoms with Gasteiger partial charge in [-0.1, -0.05) is 48.5 Å². The van der Waals surface area contributed by atoms with Crippen molar-refractivity contribution in [1.82, 2.24) is 9.47 Å². The molecule has 122 valence electrons. The summed E-state index contributed by atoms with van der Waals surface area (Å²) in [5, 5.41) is 1.29. The minimum atomic E-state index is 0.108. The van der Waals surface area contributed by atoms with Crippen LogP contribution >= 0.6 is 0 Å². The molecule has 3 nitrogen and oxygen atoms in total. The van der Waals surface area contributed by atoms with Crippen LogP contribution in [0.1, 0.15) is 35.8 Å². The summed E-state index contributed by atoms with van der Waals surface area (Å²) < 4.78 is 2.36. The minimum Gasteiger partial charge on any atom is -0.324 e. The largest absolute Gasteiger partial charge is 0.324 e. The van der Waals surface area contributed by atoms with Gasteiger partial charge < -0.3 is 9.47 Å². The van der Waals surface area contributed by atoms with Gasteiger partial charge in [0, 0.05) is 24.0 Å². The van der Waals surface area contributed by atoms with Crippen molar-refractivity contribution in [2.45, 2.75) is 39.4 Å². The molecule has 1 fully saturated rings. The van der Waals surface area contributed by atoms with E-state index in [0.29, 0.717) is 13.0 Å². The Balaban J connectivity index is 1.78. The number of amides is 1. The van der Waals surface area contributed by atoms with E-state index in [0.717, 1.165) is 6.42 Å². The second-order valence-electron chi connectivity index (χ2n) is 6.62. The molecule has 0 saturated carbocycles. The summed E-state index contributed by atoms with van der Waals surface area (Å²) >= 11 is 0. The summed E-state index contributed by atoms with van der Waals surface area (Å²) in [7, 11) is 0. The van der Waals surface area contributed by atoms with Gasteiger partial charge in [-0.25, -0.2) is 0 Å². The van der Waals surface area contributed by atoms with Crippen LogP contribution in [0.3, 0.4) is 0 Å². The fourth-order valence-electron chi connectivity index (χ4n) is 3.90. The molecule has 0 unspecified atom stereocenters. The zero-order chi connectivity index (χ0) is 16.7. The van der Waals surface area contributed by atoms with E-state index in [1.165, 1.54) is 27.7 Å². The number of nitrogens with zero attached hydrogens (tertiary/aromatic N) is 2. The predicted octanol–water partition coefficient (Wildman–Crippen LogP) is 4.58. The molecule has 1 aliphatic heterocycles. The molecule has 0 bridgehead atoms. The fourth-order valence-corrected chi connectivity index (χ4v) is 3.90. The van der Waals surface area contributed by atoms with E-state index >= 15 is 0 Å². The maximum atomic E-state index is 12.5. The molecule has 0 N–H and O–H groups in total. The third-order valence-corrected chi connectivity index (χ3v) is 5.26. The first-order valence-electron chi connectivity index (χ1n) is 8.56. The van der Waals surface area contributed by atoms with Crippen molar-refractivity contribution in [3.05, 3.63) is 71.4 Å². The number of hydrogen-bond donors (Lipinski definition) is 0. The predicted molar refractivity (Wildman–Crippen MR) is 96.7 cm³/mol. The highest BCUT2D eigenvalue weighted by atomic mass is 16.2. The number of carbonyl (C=O) groups is 1. The molecule has 0 radical (unpaired) electrons. The lowest BCUT2D eigenvalue weighted by Gasteiger charge is -2.28. The van der Waals surface area contributed by atoms with Gasteiger partial charge in [0.25, 0.3) is 0 Å². The standard InChI is InChI=1S/C21H22N2O/c1-15-16(2)23(19-11-7-6-10-18(15)19)20-12-13-21(24)22(20)14-17-8-4-3-5-9-17/h3-11,20H,12-14H2,1-2H3/t20-/m1/s1. The number of para-hydroxylation sites is 1. The second kappa shape index (κ2) is 5.82. The fraction of sp³-hybridized carbons (Fsp3) is 0.286.